The molecule has 1 rings (SSSR count). The SMILES string of the molecule is CP(C)(=O)[C@H]1C[C@@H](N=[N+]=[N-])[C@@H](CO)O1. The smallest absolute Gasteiger partial charge is 0.111 e. The number of nitrogens with zero attached hydrogens (tertiary/aromatic N) is 3. The Morgan fingerprint density at radius 2 is 2.36 bits per heavy atom. The van der Waals surface area contributed by atoms with Gasteiger partial charge in [0.25, 0.3) is 0 Å². The van der Waals surface area contributed by atoms with Crippen molar-refractivity contribution in [3.05, 3.63) is 10.4 Å². The summed E-state index contributed by atoms with van der Waals surface area (Å²) in [7, 11) is -2.34. The zero-order valence-electron chi connectivity index (χ0n) is 8.20. The standard InChI is InChI=1S/C7H14N3O3P/c1-14(2,12)7-3-5(9-10-8)6(4-11)13-7/h5-7,11H,3-4H2,1-2H3/t5-,6-,7+/m1/s1. The highest BCUT2D eigenvalue weighted by molar-refractivity contribution is 7.62. The van der Waals surface area contributed by atoms with E-state index >= 15 is 0 Å². The monoisotopic (exact) mass is 219 g/mol. The van der Waals surface area contributed by atoms with Gasteiger partial charge in [0.15, 0.2) is 0 Å². The van der Waals surface area contributed by atoms with E-state index in [1.54, 1.807) is 13.3 Å². The minimum atomic E-state index is -2.34. The highest BCUT2D eigenvalue weighted by Gasteiger charge is 2.39. The van der Waals surface area contributed by atoms with Gasteiger partial charge in [0, 0.05) is 4.91 Å². The first-order chi connectivity index (χ1) is 6.49. The Labute approximate surface area is 82.3 Å². The summed E-state index contributed by atoms with van der Waals surface area (Å²) in [5.41, 5.74) is 8.28. The van der Waals surface area contributed by atoms with Crippen LogP contribution in [0.4, 0.5) is 0 Å². The third-order valence-corrected chi connectivity index (χ3v) is 4.00. The normalized spacial score (nSPS) is 32.6. The molecule has 6 nitrogen and oxygen atoms in total. The summed E-state index contributed by atoms with van der Waals surface area (Å²) in [6, 6.07) is -0.400. The van der Waals surface area contributed by atoms with Crippen molar-refractivity contribution in [1.29, 1.82) is 0 Å². The second kappa shape index (κ2) is 4.32. The van der Waals surface area contributed by atoms with Crippen LogP contribution in [0.15, 0.2) is 5.11 Å². The summed E-state index contributed by atoms with van der Waals surface area (Å²) in [4.78, 5) is 2.68. The molecule has 0 aromatic rings. The summed E-state index contributed by atoms with van der Waals surface area (Å²) >= 11 is 0. The Kier molecular flexibility index (Phi) is 3.56. The van der Waals surface area contributed by atoms with Crippen molar-refractivity contribution in [1.82, 2.24) is 0 Å². The second-order valence-electron chi connectivity index (χ2n) is 3.75. The molecule has 1 heterocycles. The lowest BCUT2D eigenvalue weighted by Gasteiger charge is -2.15. The Morgan fingerprint density at radius 3 is 2.79 bits per heavy atom. The van der Waals surface area contributed by atoms with Gasteiger partial charge in [-0.3, -0.25) is 0 Å². The van der Waals surface area contributed by atoms with Crippen LogP contribution in [-0.4, -0.2) is 43.0 Å². The van der Waals surface area contributed by atoms with Crippen LogP contribution in [0.3, 0.4) is 0 Å². The van der Waals surface area contributed by atoms with Gasteiger partial charge in [0.2, 0.25) is 0 Å². The number of hydrogen-bond acceptors (Lipinski definition) is 4. The Bertz CT molecular complexity index is 297. The van der Waals surface area contributed by atoms with Gasteiger partial charge in [-0.2, -0.15) is 0 Å². The van der Waals surface area contributed by atoms with Crippen molar-refractivity contribution in [3.63, 3.8) is 0 Å². The van der Waals surface area contributed by atoms with E-state index in [4.69, 9.17) is 15.4 Å². The van der Waals surface area contributed by atoms with E-state index in [-0.39, 0.29) is 6.61 Å². The topological polar surface area (TPSA) is 95.3 Å². The maximum Gasteiger partial charge on any atom is 0.111 e. The number of rotatable bonds is 3. The fraction of sp³-hybridized carbons (Fsp3) is 1.00. The molecule has 3 atom stereocenters. The van der Waals surface area contributed by atoms with Crippen LogP contribution in [0.1, 0.15) is 6.42 Å². The number of hydrogen-bond donors (Lipinski definition) is 1. The van der Waals surface area contributed by atoms with Crippen molar-refractivity contribution in [2.45, 2.75) is 24.4 Å². The van der Waals surface area contributed by atoms with Gasteiger partial charge >= 0.3 is 0 Å². The van der Waals surface area contributed by atoms with Gasteiger partial charge in [-0.25, -0.2) is 0 Å². The van der Waals surface area contributed by atoms with E-state index in [1.807, 2.05) is 0 Å². The average Bonchev–Trinajstić information content (AvgIpc) is 2.47. The third kappa shape index (κ3) is 2.49. The Morgan fingerprint density at radius 1 is 1.71 bits per heavy atom. The number of ether oxygens (including phenoxy) is 1. The summed E-state index contributed by atoms with van der Waals surface area (Å²) in [5, 5.41) is 12.5. The van der Waals surface area contributed by atoms with E-state index in [2.05, 4.69) is 10.0 Å². The van der Waals surface area contributed by atoms with Gasteiger partial charge < -0.3 is 14.4 Å². The van der Waals surface area contributed by atoms with Crippen LogP contribution in [-0.2, 0) is 9.30 Å². The van der Waals surface area contributed by atoms with Crippen molar-refractivity contribution in [3.8, 4) is 0 Å². The maximum absolute atomic E-state index is 11.7. The zero-order valence-corrected chi connectivity index (χ0v) is 9.09. The molecule has 1 fully saturated rings. The minimum Gasteiger partial charge on any atom is -0.394 e. The van der Waals surface area contributed by atoms with Crippen LogP contribution in [0, 0.1) is 0 Å². The van der Waals surface area contributed by atoms with Gasteiger partial charge in [0.05, 0.1) is 18.8 Å². The molecule has 0 amide bonds. The molecule has 0 bridgehead atoms. The van der Waals surface area contributed by atoms with Crippen molar-refractivity contribution in [2.75, 3.05) is 19.9 Å². The van der Waals surface area contributed by atoms with E-state index < -0.39 is 25.1 Å². The van der Waals surface area contributed by atoms with Gasteiger partial charge in [0.1, 0.15) is 13.0 Å². The first-order valence-corrected chi connectivity index (χ1v) is 7.01. The molecule has 0 radical (unpaired) electrons. The van der Waals surface area contributed by atoms with Gasteiger partial charge in [-0.1, -0.05) is 5.11 Å². The Hall–Kier alpha value is -0.540. The largest absolute Gasteiger partial charge is 0.394 e. The average molecular weight is 219 g/mol. The van der Waals surface area contributed by atoms with Crippen LogP contribution in [0.25, 0.3) is 10.4 Å². The van der Waals surface area contributed by atoms with Crippen LogP contribution in [0.2, 0.25) is 0 Å². The summed E-state index contributed by atoms with van der Waals surface area (Å²) < 4.78 is 17.0. The summed E-state index contributed by atoms with van der Waals surface area (Å²) in [5.74, 6) is -0.393. The third-order valence-electron chi connectivity index (χ3n) is 2.28. The lowest BCUT2D eigenvalue weighted by atomic mass is 10.2. The Balaban J connectivity index is 2.75. The predicted octanol–water partition coefficient (Wildman–Crippen LogP) is 1.40. The molecule has 1 aliphatic heterocycles. The molecule has 0 aliphatic carbocycles. The molecule has 0 aromatic carbocycles. The molecule has 0 unspecified atom stereocenters. The van der Waals surface area contributed by atoms with Crippen molar-refractivity contribution in [2.24, 2.45) is 5.11 Å². The minimum absolute atomic E-state index is 0.208. The number of azide groups is 1. The van der Waals surface area contributed by atoms with E-state index in [9.17, 15) is 4.57 Å². The molecule has 1 aliphatic rings. The second-order valence-corrected chi connectivity index (χ2v) is 7.20. The molecule has 1 N–H and O–H groups in total. The number of aliphatic hydroxyl groups excluding tert-OH is 1. The molecular weight excluding hydrogens is 205 g/mol. The van der Waals surface area contributed by atoms with Crippen molar-refractivity contribution < 1.29 is 14.4 Å². The van der Waals surface area contributed by atoms with Gasteiger partial charge in [-0.15, -0.1) is 0 Å². The predicted molar refractivity (Wildman–Crippen MR) is 52.8 cm³/mol. The van der Waals surface area contributed by atoms with E-state index in [0.29, 0.717) is 6.42 Å². The molecular formula is C7H14N3O3P. The fourth-order valence-electron chi connectivity index (χ4n) is 1.46. The molecule has 7 heteroatoms. The van der Waals surface area contributed by atoms with Crippen LogP contribution >= 0.6 is 7.14 Å². The molecule has 1 saturated heterocycles. The zero-order chi connectivity index (χ0) is 10.8. The lowest BCUT2D eigenvalue weighted by molar-refractivity contribution is 0.0369. The molecule has 0 spiro atoms. The maximum atomic E-state index is 11.7. The summed E-state index contributed by atoms with van der Waals surface area (Å²) in [6.45, 7) is 3.05. The molecule has 0 aromatic heterocycles. The van der Waals surface area contributed by atoms with E-state index in [1.165, 1.54) is 0 Å². The highest BCUT2D eigenvalue weighted by Crippen LogP contribution is 2.49. The van der Waals surface area contributed by atoms with E-state index in [0.717, 1.165) is 0 Å². The molecule has 0 saturated carbocycles. The lowest BCUT2D eigenvalue weighted by Crippen LogP contribution is -2.23. The molecule has 14 heavy (non-hydrogen) atoms. The number of aliphatic hydroxyl groups is 1. The first-order valence-electron chi connectivity index (χ1n) is 4.34. The quantitative estimate of drug-likeness (QED) is 0.336. The molecule has 80 valence electrons. The van der Waals surface area contributed by atoms with Crippen LogP contribution in [0.5, 0.6) is 0 Å². The first kappa shape index (κ1) is 11.5. The van der Waals surface area contributed by atoms with Crippen molar-refractivity contribution >= 4 is 7.14 Å². The summed E-state index contributed by atoms with van der Waals surface area (Å²) in [6.07, 6.45) is -0.0799. The highest BCUT2D eigenvalue weighted by atomic mass is 31.2. The van der Waals surface area contributed by atoms with Crippen LogP contribution < -0.4 is 0 Å². The van der Waals surface area contributed by atoms with Gasteiger partial charge in [-0.05, 0) is 25.3 Å². The fourth-order valence-corrected chi connectivity index (χ4v) is 2.63.